The van der Waals surface area contributed by atoms with Gasteiger partial charge >= 0.3 is 0 Å². The lowest BCUT2D eigenvalue weighted by Gasteiger charge is -2.38. The Balaban J connectivity index is 1.49. The van der Waals surface area contributed by atoms with Crippen molar-refractivity contribution in [2.75, 3.05) is 44.7 Å². The molecule has 2 fully saturated rings. The lowest BCUT2D eigenvalue weighted by molar-refractivity contribution is -0.134. The van der Waals surface area contributed by atoms with Gasteiger partial charge in [0.05, 0.1) is 17.7 Å². The van der Waals surface area contributed by atoms with Gasteiger partial charge < -0.3 is 14.5 Å². The molecule has 172 valence electrons. The number of anilines is 1. The van der Waals surface area contributed by atoms with E-state index in [1.807, 2.05) is 4.90 Å². The second-order valence-corrected chi connectivity index (χ2v) is 10.0. The molecule has 0 spiro atoms. The van der Waals surface area contributed by atoms with E-state index in [-0.39, 0.29) is 16.6 Å². The number of sulfonamides is 1. The van der Waals surface area contributed by atoms with Crippen molar-refractivity contribution in [2.24, 2.45) is 0 Å². The van der Waals surface area contributed by atoms with E-state index in [1.54, 1.807) is 42.2 Å². The van der Waals surface area contributed by atoms with Crippen LogP contribution in [-0.4, -0.2) is 69.4 Å². The molecular formula is C23H28FN3O4S. The largest absolute Gasteiger partial charge is 0.497 e. The van der Waals surface area contributed by atoms with Crippen LogP contribution >= 0.6 is 0 Å². The summed E-state index contributed by atoms with van der Waals surface area (Å²) < 4.78 is 47.5. The van der Waals surface area contributed by atoms with Gasteiger partial charge in [-0.05, 0) is 43.5 Å². The molecule has 7 nitrogen and oxygen atoms in total. The van der Waals surface area contributed by atoms with E-state index in [4.69, 9.17) is 4.74 Å². The van der Waals surface area contributed by atoms with Crippen LogP contribution in [0.2, 0.25) is 0 Å². The first-order chi connectivity index (χ1) is 15.3. The highest BCUT2D eigenvalue weighted by molar-refractivity contribution is 7.89. The molecule has 0 aromatic heterocycles. The Kier molecular flexibility index (Phi) is 6.39. The second kappa shape index (κ2) is 9.07. The highest BCUT2D eigenvalue weighted by Gasteiger charge is 2.42. The van der Waals surface area contributed by atoms with Crippen LogP contribution in [0.3, 0.4) is 0 Å². The van der Waals surface area contributed by atoms with Gasteiger partial charge in [0.1, 0.15) is 17.6 Å². The molecule has 2 saturated heterocycles. The highest BCUT2D eigenvalue weighted by atomic mass is 32.2. The molecule has 2 aliphatic heterocycles. The SMILES string of the molecule is COc1ccc(C)c(S(=O)(=O)N2CCC[C@H]2C(=O)N2CCN(c3ccccc3F)CC2)c1. The molecule has 2 aromatic carbocycles. The third kappa shape index (κ3) is 4.19. The number of carbonyl (C=O) groups excluding carboxylic acids is 1. The lowest BCUT2D eigenvalue weighted by atomic mass is 10.1. The molecule has 0 bridgehead atoms. The molecule has 0 unspecified atom stereocenters. The Labute approximate surface area is 188 Å². The molecule has 0 aliphatic carbocycles. The monoisotopic (exact) mass is 461 g/mol. The Hall–Kier alpha value is -2.65. The minimum absolute atomic E-state index is 0.168. The van der Waals surface area contributed by atoms with Crippen LogP contribution < -0.4 is 9.64 Å². The third-order valence-electron chi connectivity index (χ3n) is 6.26. The van der Waals surface area contributed by atoms with Gasteiger partial charge in [0, 0.05) is 38.8 Å². The number of benzene rings is 2. The minimum Gasteiger partial charge on any atom is -0.497 e. The van der Waals surface area contributed by atoms with Gasteiger partial charge in [0.2, 0.25) is 15.9 Å². The fourth-order valence-electron chi connectivity index (χ4n) is 4.47. The van der Waals surface area contributed by atoms with E-state index in [0.717, 1.165) is 0 Å². The zero-order valence-corrected chi connectivity index (χ0v) is 19.1. The summed E-state index contributed by atoms with van der Waals surface area (Å²) in [5, 5.41) is 0. The van der Waals surface area contributed by atoms with Gasteiger partial charge in [-0.15, -0.1) is 0 Å². The average Bonchev–Trinajstić information content (AvgIpc) is 3.30. The van der Waals surface area contributed by atoms with Crippen molar-refractivity contribution in [3.63, 3.8) is 0 Å². The summed E-state index contributed by atoms with van der Waals surface area (Å²) in [6.07, 6.45) is 1.13. The molecule has 2 aromatic rings. The first kappa shape index (κ1) is 22.5. The number of nitrogens with zero attached hydrogens (tertiary/aromatic N) is 3. The quantitative estimate of drug-likeness (QED) is 0.685. The summed E-state index contributed by atoms with van der Waals surface area (Å²) in [7, 11) is -2.36. The number of carbonyl (C=O) groups is 1. The number of methoxy groups -OCH3 is 1. The summed E-state index contributed by atoms with van der Waals surface area (Å²) in [4.78, 5) is 17.1. The third-order valence-corrected chi connectivity index (χ3v) is 8.31. The van der Waals surface area contributed by atoms with Gasteiger partial charge in [0.25, 0.3) is 0 Å². The number of rotatable bonds is 5. The van der Waals surface area contributed by atoms with E-state index >= 15 is 0 Å². The molecule has 1 atom stereocenters. The number of halogens is 1. The highest BCUT2D eigenvalue weighted by Crippen LogP contribution is 2.31. The fraction of sp³-hybridized carbons (Fsp3) is 0.435. The Morgan fingerprint density at radius 2 is 1.78 bits per heavy atom. The smallest absolute Gasteiger partial charge is 0.244 e. The average molecular weight is 462 g/mol. The summed E-state index contributed by atoms with van der Waals surface area (Å²) in [6.45, 7) is 3.90. The predicted molar refractivity (Wildman–Crippen MR) is 120 cm³/mol. The number of hydrogen-bond acceptors (Lipinski definition) is 5. The molecule has 0 saturated carbocycles. The van der Waals surface area contributed by atoms with Crippen LogP contribution in [-0.2, 0) is 14.8 Å². The van der Waals surface area contributed by atoms with E-state index in [1.165, 1.54) is 23.5 Å². The lowest BCUT2D eigenvalue weighted by Crippen LogP contribution is -2.54. The fourth-order valence-corrected chi connectivity index (χ4v) is 6.37. The summed E-state index contributed by atoms with van der Waals surface area (Å²) >= 11 is 0. The molecule has 0 radical (unpaired) electrons. The van der Waals surface area contributed by atoms with Crippen molar-refractivity contribution in [3.05, 3.63) is 53.8 Å². The van der Waals surface area contributed by atoms with Crippen molar-refractivity contribution in [3.8, 4) is 5.75 Å². The summed E-state index contributed by atoms with van der Waals surface area (Å²) in [6, 6.07) is 10.8. The van der Waals surface area contributed by atoms with Gasteiger partial charge in [-0.1, -0.05) is 18.2 Å². The topological polar surface area (TPSA) is 70.2 Å². The Bertz CT molecular complexity index is 1100. The molecular weight excluding hydrogens is 433 g/mol. The van der Waals surface area contributed by atoms with E-state index in [0.29, 0.717) is 62.6 Å². The number of ether oxygens (including phenoxy) is 1. The first-order valence-corrected chi connectivity index (χ1v) is 12.2. The number of aryl methyl sites for hydroxylation is 1. The number of amides is 1. The van der Waals surface area contributed by atoms with Crippen molar-refractivity contribution < 1.29 is 22.3 Å². The number of piperazine rings is 1. The normalized spacial score (nSPS) is 19.9. The molecule has 2 aliphatic rings. The predicted octanol–water partition coefficient (Wildman–Crippen LogP) is 2.64. The zero-order chi connectivity index (χ0) is 22.9. The van der Waals surface area contributed by atoms with Crippen LogP contribution in [0.15, 0.2) is 47.4 Å². The van der Waals surface area contributed by atoms with Crippen LogP contribution in [0.1, 0.15) is 18.4 Å². The number of para-hydroxylation sites is 1. The van der Waals surface area contributed by atoms with E-state index in [2.05, 4.69) is 0 Å². The Morgan fingerprint density at radius 1 is 1.06 bits per heavy atom. The molecule has 32 heavy (non-hydrogen) atoms. The number of hydrogen-bond donors (Lipinski definition) is 0. The Morgan fingerprint density at radius 3 is 2.47 bits per heavy atom. The van der Waals surface area contributed by atoms with Crippen LogP contribution in [0.5, 0.6) is 5.75 Å². The van der Waals surface area contributed by atoms with Crippen LogP contribution in [0.25, 0.3) is 0 Å². The maximum atomic E-state index is 14.1. The van der Waals surface area contributed by atoms with Crippen LogP contribution in [0.4, 0.5) is 10.1 Å². The van der Waals surface area contributed by atoms with Gasteiger partial charge in [0.15, 0.2) is 0 Å². The molecule has 4 rings (SSSR count). The van der Waals surface area contributed by atoms with Crippen LogP contribution in [0, 0.1) is 12.7 Å². The molecule has 0 N–H and O–H groups in total. The van der Waals surface area contributed by atoms with E-state index in [9.17, 15) is 17.6 Å². The molecule has 1 amide bonds. The van der Waals surface area contributed by atoms with Crippen molar-refractivity contribution in [2.45, 2.75) is 30.7 Å². The van der Waals surface area contributed by atoms with E-state index < -0.39 is 16.1 Å². The van der Waals surface area contributed by atoms with Crippen molar-refractivity contribution in [1.29, 1.82) is 0 Å². The maximum absolute atomic E-state index is 14.1. The zero-order valence-electron chi connectivity index (χ0n) is 18.3. The van der Waals surface area contributed by atoms with Gasteiger partial charge in [-0.2, -0.15) is 4.31 Å². The summed E-state index contributed by atoms with van der Waals surface area (Å²) in [5.74, 6) is -0.00526. The van der Waals surface area contributed by atoms with Crippen molar-refractivity contribution >= 4 is 21.6 Å². The van der Waals surface area contributed by atoms with Gasteiger partial charge in [-0.3, -0.25) is 4.79 Å². The second-order valence-electron chi connectivity index (χ2n) is 8.17. The maximum Gasteiger partial charge on any atom is 0.244 e. The van der Waals surface area contributed by atoms with Crippen molar-refractivity contribution in [1.82, 2.24) is 9.21 Å². The summed E-state index contributed by atoms with van der Waals surface area (Å²) in [5.41, 5.74) is 1.14. The first-order valence-electron chi connectivity index (χ1n) is 10.8. The standard InChI is InChI=1S/C23H28FN3O4S/c1-17-9-10-18(31-2)16-22(17)32(29,30)27-11-5-8-21(27)23(28)26-14-12-25(13-15-26)20-7-4-3-6-19(20)24/h3-4,6-7,9-10,16,21H,5,8,11-15H2,1-2H3/t21-/m0/s1. The minimum atomic E-state index is -3.85. The molecule has 9 heteroatoms. The van der Waals surface area contributed by atoms with Gasteiger partial charge in [-0.25, -0.2) is 12.8 Å². The molecule has 2 heterocycles.